The number of hydrogen-bond acceptors (Lipinski definition) is 3. The lowest BCUT2D eigenvalue weighted by atomic mass is 9.86. The van der Waals surface area contributed by atoms with Crippen LogP contribution in [-0.2, 0) is 0 Å². The molecule has 5 heteroatoms. The molecule has 1 aromatic rings. The minimum atomic E-state index is -1.04. The predicted octanol–water partition coefficient (Wildman–Crippen LogP) is 2.23. The first-order valence-electron chi connectivity index (χ1n) is 7.11. The Labute approximate surface area is 117 Å². The average molecular weight is 274 g/mol. The fourth-order valence-corrected chi connectivity index (χ4v) is 3.28. The molecule has 1 aromatic heterocycles. The van der Waals surface area contributed by atoms with Crippen molar-refractivity contribution in [1.82, 2.24) is 10.3 Å². The van der Waals surface area contributed by atoms with Crippen LogP contribution in [0.3, 0.4) is 0 Å². The quantitative estimate of drug-likeness (QED) is 0.885. The van der Waals surface area contributed by atoms with Gasteiger partial charge in [-0.1, -0.05) is 19.3 Å². The highest BCUT2D eigenvalue weighted by atomic mass is 16.4. The molecular formula is C15H18N2O3. The molecule has 1 amide bonds. The summed E-state index contributed by atoms with van der Waals surface area (Å²) >= 11 is 0. The van der Waals surface area contributed by atoms with Crippen molar-refractivity contribution >= 4 is 11.9 Å². The highest BCUT2D eigenvalue weighted by Crippen LogP contribution is 2.56. The van der Waals surface area contributed by atoms with Crippen molar-refractivity contribution in [3.05, 3.63) is 29.6 Å². The van der Waals surface area contributed by atoms with Crippen molar-refractivity contribution in [2.75, 3.05) is 0 Å². The van der Waals surface area contributed by atoms with E-state index in [1.807, 2.05) is 0 Å². The summed E-state index contributed by atoms with van der Waals surface area (Å²) in [5.74, 6) is -1.31. The number of aromatic nitrogens is 1. The number of hydrogen-bond donors (Lipinski definition) is 2. The van der Waals surface area contributed by atoms with Crippen molar-refractivity contribution in [2.45, 2.75) is 44.6 Å². The largest absolute Gasteiger partial charge is 0.478 e. The molecule has 20 heavy (non-hydrogen) atoms. The lowest BCUT2D eigenvalue weighted by Gasteiger charge is -2.22. The van der Waals surface area contributed by atoms with Crippen LogP contribution in [0.5, 0.6) is 0 Å². The van der Waals surface area contributed by atoms with Crippen molar-refractivity contribution in [3.63, 3.8) is 0 Å². The molecule has 2 fully saturated rings. The summed E-state index contributed by atoms with van der Waals surface area (Å²) in [6.45, 7) is 0. The van der Waals surface area contributed by atoms with E-state index in [4.69, 9.17) is 5.11 Å². The molecule has 0 aromatic carbocycles. The van der Waals surface area contributed by atoms with Crippen LogP contribution in [0.15, 0.2) is 18.3 Å². The van der Waals surface area contributed by atoms with Gasteiger partial charge in [0.15, 0.2) is 0 Å². The second kappa shape index (κ2) is 4.89. The van der Waals surface area contributed by atoms with Crippen molar-refractivity contribution in [2.24, 2.45) is 5.41 Å². The van der Waals surface area contributed by atoms with Gasteiger partial charge < -0.3 is 10.4 Å². The van der Waals surface area contributed by atoms with Gasteiger partial charge in [-0.25, -0.2) is 4.79 Å². The van der Waals surface area contributed by atoms with Crippen LogP contribution >= 0.6 is 0 Å². The average Bonchev–Trinajstić information content (AvgIpc) is 3.11. The molecule has 0 unspecified atom stereocenters. The van der Waals surface area contributed by atoms with Crippen molar-refractivity contribution in [3.8, 4) is 0 Å². The molecular weight excluding hydrogens is 256 g/mol. The lowest BCUT2D eigenvalue weighted by Crippen LogP contribution is -2.31. The standard InChI is InChI=1S/C15H18N2O3/c18-13(11-8-10(14(19)20)4-7-16-11)17-12-9-15(12)5-2-1-3-6-15/h4,7-8,12H,1-3,5-6,9H2,(H,17,18)(H,19,20)/t12-/m0/s1. The van der Waals surface area contributed by atoms with Gasteiger partial charge in [-0.2, -0.15) is 0 Å². The van der Waals surface area contributed by atoms with Crippen LogP contribution in [0.1, 0.15) is 59.4 Å². The molecule has 2 N–H and O–H groups in total. The Morgan fingerprint density at radius 2 is 2.05 bits per heavy atom. The van der Waals surface area contributed by atoms with E-state index in [1.165, 1.54) is 50.4 Å². The zero-order valence-corrected chi connectivity index (χ0v) is 11.3. The summed E-state index contributed by atoms with van der Waals surface area (Å²) in [6, 6.07) is 2.96. The molecule has 1 atom stereocenters. The molecule has 0 aliphatic heterocycles. The molecule has 2 saturated carbocycles. The van der Waals surface area contributed by atoms with E-state index in [1.54, 1.807) is 0 Å². The van der Waals surface area contributed by atoms with Crippen LogP contribution in [0.25, 0.3) is 0 Å². The van der Waals surface area contributed by atoms with Gasteiger partial charge in [0.25, 0.3) is 5.91 Å². The van der Waals surface area contributed by atoms with E-state index < -0.39 is 5.97 Å². The van der Waals surface area contributed by atoms with Gasteiger partial charge in [-0.15, -0.1) is 0 Å². The van der Waals surface area contributed by atoms with E-state index >= 15 is 0 Å². The zero-order valence-electron chi connectivity index (χ0n) is 11.3. The van der Waals surface area contributed by atoms with Gasteiger partial charge in [0, 0.05) is 12.2 Å². The molecule has 106 valence electrons. The number of carboxylic acids is 1. The first-order valence-corrected chi connectivity index (χ1v) is 7.11. The van der Waals surface area contributed by atoms with Crippen LogP contribution in [0.2, 0.25) is 0 Å². The number of carbonyl (C=O) groups is 2. The summed E-state index contributed by atoms with van der Waals surface area (Å²) in [5, 5.41) is 11.9. The number of nitrogens with zero attached hydrogens (tertiary/aromatic N) is 1. The van der Waals surface area contributed by atoms with E-state index in [0.29, 0.717) is 5.41 Å². The molecule has 5 nitrogen and oxygen atoms in total. The summed E-state index contributed by atoms with van der Waals surface area (Å²) in [6.07, 6.45) is 8.60. The van der Waals surface area contributed by atoms with Crippen LogP contribution < -0.4 is 5.32 Å². The molecule has 2 aliphatic rings. The first-order chi connectivity index (χ1) is 9.61. The number of aromatic carboxylic acids is 1. The van der Waals surface area contributed by atoms with Crippen molar-refractivity contribution in [1.29, 1.82) is 0 Å². The summed E-state index contributed by atoms with van der Waals surface area (Å²) in [4.78, 5) is 27.0. The maximum absolute atomic E-state index is 12.1. The Morgan fingerprint density at radius 3 is 2.75 bits per heavy atom. The lowest BCUT2D eigenvalue weighted by molar-refractivity contribution is 0.0696. The Hall–Kier alpha value is -1.91. The fraction of sp³-hybridized carbons (Fsp3) is 0.533. The second-order valence-corrected chi connectivity index (χ2v) is 5.89. The summed E-state index contributed by atoms with van der Waals surface area (Å²) < 4.78 is 0. The predicted molar refractivity (Wildman–Crippen MR) is 72.6 cm³/mol. The SMILES string of the molecule is O=C(O)c1ccnc(C(=O)N[C@H]2CC23CCCCC3)c1. The Morgan fingerprint density at radius 1 is 1.30 bits per heavy atom. The highest BCUT2D eigenvalue weighted by molar-refractivity contribution is 5.96. The van der Waals surface area contributed by atoms with Gasteiger partial charge in [0.1, 0.15) is 5.69 Å². The van der Waals surface area contributed by atoms with Gasteiger partial charge in [0.05, 0.1) is 5.56 Å². The number of carbonyl (C=O) groups excluding carboxylic acids is 1. The summed E-state index contributed by atoms with van der Waals surface area (Å²) in [7, 11) is 0. The van der Waals surface area contributed by atoms with Gasteiger partial charge in [-0.3, -0.25) is 9.78 Å². The van der Waals surface area contributed by atoms with E-state index in [2.05, 4.69) is 10.3 Å². The van der Waals surface area contributed by atoms with Gasteiger partial charge in [-0.05, 0) is 36.8 Å². The molecule has 0 bridgehead atoms. The molecule has 0 saturated heterocycles. The minimum absolute atomic E-state index is 0.0910. The number of amides is 1. The molecule has 1 heterocycles. The van der Waals surface area contributed by atoms with E-state index in [-0.39, 0.29) is 23.2 Å². The monoisotopic (exact) mass is 274 g/mol. The van der Waals surface area contributed by atoms with Crippen LogP contribution in [0, 0.1) is 5.41 Å². The topological polar surface area (TPSA) is 79.3 Å². The third-order valence-corrected chi connectivity index (χ3v) is 4.58. The fourth-order valence-electron chi connectivity index (χ4n) is 3.28. The summed E-state index contributed by atoms with van der Waals surface area (Å²) in [5.41, 5.74) is 0.592. The minimum Gasteiger partial charge on any atom is -0.478 e. The number of pyridine rings is 1. The van der Waals surface area contributed by atoms with Crippen LogP contribution in [0.4, 0.5) is 0 Å². The Kier molecular flexibility index (Phi) is 3.20. The van der Waals surface area contributed by atoms with E-state index in [0.717, 1.165) is 6.42 Å². The smallest absolute Gasteiger partial charge is 0.335 e. The van der Waals surface area contributed by atoms with Gasteiger partial charge >= 0.3 is 5.97 Å². The molecule has 1 spiro atoms. The number of rotatable bonds is 3. The Bertz CT molecular complexity index is 550. The number of carboxylic acid groups (broad SMARTS) is 1. The number of nitrogens with one attached hydrogen (secondary N) is 1. The normalized spacial score (nSPS) is 23.3. The van der Waals surface area contributed by atoms with Gasteiger partial charge in [0.2, 0.25) is 0 Å². The zero-order chi connectivity index (χ0) is 14.2. The first kappa shape index (κ1) is 13.1. The Balaban J connectivity index is 1.65. The maximum Gasteiger partial charge on any atom is 0.335 e. The highest BCUT2D eigenvalue weighted by Gasteiger charge is 2.54. The molecule has 2 aliphatic carbocycles. The molecule has 0 radical (unpaired) electrons. The third kappa shape index (κ3) is 2.40. The van der Waals surface area contributed by atoms with E-state index in [9.17, 15) is 9.59 Å². The third-order valence-electron chi connectivity index (χ3n) is 4.58. The second-order valence-electron chi connectivity index (χ2n) is 5.89. The molecule has 3 rings (SSSR count). The van der Waals surface area contributed by atoms with Crippen molar-refractivity contribution < 1.29 is 14.7 Å². The van der Waals surface area contributed by atoms with Crippen LogP contribution in [-0.4, -0.2) is 28.0 Å². The maximum atomic E-state index is 12.1.